The van der Waals surface area contributed by atoms with Crippen LogP contribution in [-0.2, 0) is 10.0 Å². The van der Waals surface area contributed by atoms with Gasteiger partial charge in [0.2, 0.25) is 10.0 Å². The third-order valence-electron chi connectivity index (χ3n) is 3.42. The van der Waals surface area contributed by atoms with Crippen LogP contribution in [0.15, 0.2) is 59.6 Å². The Balaban J connectivity index is 2.14. The van der Waals surface area contributed by atoms with Gasteiger partial charge in [-0.3, -0.25) is 0 Å². The van der Waals surface area contributed by atoms with Gasteiger partial charge in [-0.2, -0.15) is 10.4 Å². The van der Waals surface area contributed by atoms with Gasteiger partial charge in [-0.15, -0.1) is 0 Å². The van der Waals surface area contributed by atoms with Gasteiger partial charge >= 0.3 is 0 Å². The summed E-state index contributed by atoms with van der Waals surface area (Å²) in [6.07, 6.45) is 1.40. The van der Waals surface area contributed by atoms with Gasteiger partial charge in [0.05, 0.1) is 28.0 Å². The molecule has 8 heteroatoms. The first-order valence-electron chi connectivity index (χ1n) is 6.77. The first-order valence-corrected chi connectivity index (χ1v) is 8.32. The van der Waals surface area contributed by atoms with E-state index in [1.807, 2.05) is 6.07 Å². The van der Waals surface area contributed by atoms with Gasteiger partial charge in [-0.25, -0.2) is 22.6 Å². The number of hydrogen-bond acceptors (Lipinski definition) is 4. The summed E-state index contributed by atoms with van der Waals surface area (Å²) in [5, 5.41) is 18.5. The highest BCUT2D eigenvalue weighted by Gasteiger charge is 2.15. The van der Waals surface area contributed by atoms with Crippen LogP contribution in [0.25, 0.3) is 16.9 Å². The second kappa shape index (κ2) is 5.88. The van der Waals surface area contributed by atoms with Gasteiger partial charge in [0.1, 0.15) is 11.9 Å². The van der Waals surface area contributed by atoms with Crippen molar-refractivity contribution in [3.8, 4) is 23.0 Å². The Morgan fingerprint density at radius 1 is 1.08 bits per heavy atom. The van der Waals surface area contributed by atoms with Gasteiger partial charge in [-0.05, 0) is 48.5 Å². The summed E-state index contributed by atoms with van der Waals surface area (Å²) in [6, 6.07) is 13.5. The van der Waals surface area contributed by atoms with Crippen molar-refractivity contribution in [1.82, 2.24) is 9.78 Å². The molecule has 0 atom stereocenters. The third kappa shape index (κ3) is 2.90. The molecule has 120 valence electrons. The van der Waals surface area contributed by atoms with Crippen molar-refractivity contribution in [2.24, 2.45) is 5.14 Å². The number of halogens is 1. The molecule has 0 amide bonds. The molecule has 0 spiro atoms. The Labute approximate surface area is 137 Å². The minimum absolute atomic E-state index is 0.0257. The highest BCUT2D eigenvalue weighted by atomic mass is 32.2. The Kier molecular flexibility index (Phi) is 3.89. The highest BCUT2D eigenvalue weighted by Crippen LogP contribution is 2.26. The molecule has 24 heavy (non-hydrogen) atoms. The van der Waals surface area contributed by atoms with E-state index in [1.54, 1.807) is 12.1 Å². The van der Waals surface area contributed by atoms with Gasteiger partial charge < -0.3 is 0 Å². The van der Waals surface area contributed by atoms with Crippen LogP contribution in [0.1, 0.15) is 5.56 Å². The van der Waals surface area contributed by atoms with E-state index in [9.17, 15) is 18.1 Å². The maximum Gasteiger partial charge on any atom is 0.238 e. The van der Waals surface area contributed by atoms with Crippen molar-refractivity contribution < 1.29 is 12.8 Å². The molecular formula is C16H11FN4O2S. The van der Waals surface area contributed by atoms with E-state index in [2.05, 4.69) is 5.10 Å². The standard InChI is InChI=1S/C16H11FN4O2S/c17-13-3-1-11(2-4-13)16-12(9-18)10-20-21(16)14-5-7-15(8-6-14)24(19,22)23/h1-8,10H,(H2,19,22,23). The molecule has 0 unspecified atom stereocenters. The second-order valence-electron chi connectivity index (χ2n) is 4.98. The second-order valence-corrected chi connectivity index (χ2v) is 6.54. The lowest BCUT2D eigenvalue weighted by Crippen LogP contribution is -2.12. The Morgan fingerprint density at radius 3 is 2.25 bits per heavy atom. The normalized spacial score (nSPS) is 11.2. The van der Waals surface area contributed by atoms with Crippen molar-refractivity contribution >= 4 is 10.0 Å². The zero-order chi connectivity index (χ0) is 17.3. The molecular weight excluding hydrogens is 331 g/mol. The number of hydrogen-bond donors (Lipinski definition) is 1. The molecule has 0 saturated heterocycles. The van der Waals surface area contributed by atoms with Crippen molar-refractivity contribution in [3.63, 3.8) is 0 Å². The van der Waals surface area contributed by atoms with Crippen molar-refractivity contribution in [1.29, 1.82) is 5.26 Å². The van der Waals surface area contributed by atoms with Crippen LogP contribution < -0.4 is 5.14 Å². The molecule has 0 aliphatic carbocycles. The largest absolute Gasteiger partial charge is 0.238 e. The quantitative estimate of drug-likeness (QED) is 0.788. The predicted molar refractivity (Wildman–Crippen MR) is 85.0 cm³/mol. The zero-order valence-corrected chi connectivity index (χ0v) is 13.0. The lowest BCUT2D eigenvalue weighted by molar-refractivity contribution is 0.597. The first kappa shape index (κ1) is 15.9. The average molecular weight is 342 g/mol. The summed E-state index contributed by atoms with van der Waals surface area (Å²) in [5.41, 5.74) is 1.96. The van der Waals surface area contributed by atoms with Crippen molar-refractivity contribution in [3.05, 3.63) is 66.1 Å². The van der Waals surface area contributed by atoms with Crippen molar-refractivity contribution in [2.45, 2.75) is 4.90 Å². The number of aromatic nitrogens is 2. The number of nitrogens with zero attached hydrogens (tertiary/aromatic N) is 3. The maximum absolute atomic E-state index is 13.1. The molecule has 2 N–H and O–H groups in total. The van der Waals surface area contributed by atoms with Gasteiger partial charge in [-0.1, -0.05) is 0 Å². The number of sulfonamides is 1. The van der Waals surface area contributed by atoms with Gasteiger partial charge in [0.25, 0.3) is 0 Å². The number of primary sulfonamides is 1. The number of nitrogens with two attached hydrogens (primary N) is 1. The summed E-state index contributed by atoms with van der Waals surface area (Å²) < 4.78 is 37.3. The Morgan fingerprint density at radius 2 is 1.71 bits per heavy atom. The molecule has 0 fully saturated rings. The molecule has 0 aliphatic heterocycles. The fourth-order valence-electron chi connectivity index (χ4n) is 2.29. The van der Waals surface area contributed by atoms with Gasteiger partial charge in [0, 0.05) is 5.56 Å². The molecule has 3 aromatic rings. The number of rotatable bonds is 3. The monoisotopic (exact) mass is 342 g/mol. The topological polar surface area (TPSA) is 102 Å². The summed E-state index contributed by atoms with van der Waals surface area (Å²) >= 11 is 0. The van der Waals surface area contributed by atoms with Crippen LogP contribution in [0, 0.1) is 17.1 Å². The Bertz CT molecular complexity index is 1030. The fraction of sp³-hybridized carbons (Fsp3) is 0. The molecule has 0 saturated carbocycles. The highest BCUT2D eigenvalue weighted by molar-refractivity contribution is 7.89. The molecule has 6 nitrogen and oxygen atoms in total. The molecule has 0 radical (unpaired) electrons. The third-order valence-corrected chi connectivity index (χ3v) is 4.35. The van der Waals surface area contributed by atoms with Crippen LogP contribution in [0.3, 0.4) is 0 Å². The van der Waals surface area contributed by atoms with E-state index in [-0.39, 0.29) is 10.7 Å². The van der Waals surface area contributed by atoms with E-state index in [4.69, 9.17) is 5.14 Å². The maximum atomic E-state index is 13.1. The van der Waals surface area contributed by atoms with Crippen LogP contribution in [0.5, 0.6) is 0 Å². The van der Waals surface area contributed by atoms with E-state index < -0.39 is 10.0 Å². The molecule has 2 aromatic carbocycles. The molecule has 1 aromatic heterocycles. The molecule has 0 bridgehead atoms. The van der Waals surface area contributed by atoms with E-state index in [0.717, 1.165) is 0 Å². The lowest BCUT2D eigenvalue weighted by atomic mass is 10.1. The molecule has 1 heterocycles. The summed E-state index contributed by atoms with van der Waals surface area (Å²) in [6.45, 7) is 0. The first-order chi connectivity index (χ1) is 11.4. The minimum Gasteiger partial charge on any atom is -0.232 e. The van der Waals surface area contributed by atoms with Crippen LogP contribution in [0.4, 0.5) is 4.39 Å². The predicted octanol–water partition coefficient (Wildman–Crippen LogP) is 2.20. The lowest BCUT2D eigenvalue weighted by Gasteiger charge is -2.09. The van der Waals surface area contributed by atoms with Crippen LogP contribution >= 0.6 is 0 Å². The number of nitriles is 1. The van der Waals surface area contributed by atoms with Gasteiger partial charge in [0.15, 0.2) is 0 Å². The summed E-state index contributed by atoms with van der Waals surface area (Å²) in [5.74, 6) is -0.388. The van der Waals surface area contributed by atoms with Crippen LogP contribution in [0.2, 0.25) is 0 Å². The minimum atomic E-state index is -3.79. The molecule has 0 aliphatic rings. The van der Waals surface area contributed by atoms with E-state index in [0.29, 0.717) is 22.5 Å². The summed E-state index contributed by atoms with van der Waals surface area (Å²) in [7, 11) is -3.79. The SMILES string of the molecule is N#Cc1cnn(-c2ccc(S(N)(=O)=O)cc2)c1-c1ccc(F)cc1. The smallest absolute Gasteiger partial charge is 0.232 e. The molecule has 3 rings (SSSR count). The number of benzene rings is 2. The van der Waals surface area contributed by atoms with E-state index >= 15 is 0 Å². The Hall–Kier alpha value is -3.02. The van der Waals surface area contributed by atoms with E-state index in [1.165, 1.54) is 47.3 Å². The fourth-order valence-corrected chi connectivity index (χ4v) is 2.80. The van der Waals surface area contributed by atoms with Crippen molar-refractivity contribution in [2.75, 3.05) is 0 Å². The summed E-state index contributed by atoms with van der Waals surface area (Å²) in [4.78, 5) is -0.0257. The zero-order valence-electron chi connectivity index (χ0n) is 12.2. The van der Waals surface area contributed by atoms with Crippen LogP contribution in [-0.4, -0.2) is 18.2 Å². The average Bonchev–Trinajstić information content (AvgIpc) is 2.99.